The Kier molecular flexibility index (Phi) is 216. The Morgan fingerprint density at radius 3 is 0.600 bits per heavy atom. The largest absolute Gasteiger partial charge is 2.00 e. The third-order valence-corrected chi connectivity index (χ3v) is 0. The number of halogens is 3. The second kappa shape index (κ2) is 26.6. The molecule has 1 radical (unpaired) electrons. The summed E-state index contributed by atoms with van der Waals surface area (Å²) in [5, 5.41) is 0. The molecule has 0 N–H and O–H groups in total. The minimum Gasteiger partial charge on any atom is -1.00 e. The first-order chi connectivity index (χ1) is 0. The summed E-state index contributed by atoms with van der Waals surface area (Å²) in [7, 11) is 0. The smallest absolute Gasteiger partial charge is 1.00 e. The van der Waals surface area contributed by atoms with E-state index in [4.69, 9.17) is 0 Å². The van der Waals surface area contributed by atoms with E-state index in [9.17, 15) is 0 Å². The number of hydrogen-bond acceptors (Lipinski definition) is 0. The Hall–Kier alpha value is 3.31. The summed E-state index contributed by atoms with van der Waals surface area (Å²) in [5.41, 5.74) is 0. The van der Waals surface area contributed by atoms with E-state index >= 15 is 0 Å². The van der Waals surface area contributed by atoms with Crippen LogP contribution in [-0.4, -0.2) is 0 Å². The molecule has 0 aliphatic rings. The Morgan fingerprint density at radius 2 is 0.600 bits per heavy atom. The van der Waals surface area contributed by atoms with Gasteiger partial charge in [-0.2, -0.15) is 0 Å². The minimum absolute atomic E-state index is 0. The Morgan fingerprint density at radius 1 is 0.600 bits per heavy atom. The predicted octanol–water partition coefficient (Wildman–Crippen LogP) is -12.0. The Labute approximate surface area is 106 Å². The van der Waals surface area contributed by atoms with E-state index in [1.165, 1.54) is 0 Å². The van der Waals surface area contributed by atoms with Gasteiger partial charge in [0.1, 0.15) is 0 Å². The van der Waals surface area contributed by atoms with Crippen molar-refractivity contribution in [3.05, 3.63) is 0 Å². The maximum absolute atomic E-state index is 0. The quantitative estimate of drug-likeness (QED) is 0.254. The van der Waals surface area contributed by atoms with Gasteiger partial charge in [-0.1, -0.05) is 0 Å². The summed E-state index contributed by atoms with van der Waals surface area (Å²) in [6.45, 7) is 0. The van der Waals surface area contributed by atoms with Crippen molar-refractivity contribution in [2.75, 3.05) is 0 Å². The van der Waals surface area contributed by atoms with Gasteiger partial charge in [-0.15, -0.1) is 0 Å². The van der Waals surface area contributed by atoms with Crippen LogP contribution in [0.5, 0.6) is 0 Å². The van der Waals surface area contributed by atoms with Crippen molar-refractivity contribution in [3.63, 3.8) is 0 Å². The summed E-state index contributed by atoms with van der Waals surface area (Å²) in [6, 6.07) is 0. The molecule has 5 heteroatoms. The van der Waals surface area contributed by atoms with Crippen molar-refractivity contribution in [1.82, 2.24) is 0 Å². The van der Waals surface area contributed by atoms with Gasteiger partial charge in [-0.3, -0.25) is 0 Å². The van der Waals surface area contributed by atoms with E-state index < -0.39 is 0 Å². The molecule has 0 fully saturated rings. The Balaban J connectivity index is 0. The zero-order valence-corrected chi connectivity index (χ0v) is 9.85. The fourth-order valence-electron chi connectivity index (χ4n) is 0. The summed E-state index contributed by atoms with van der Waals surface area (Å²) in [5.74, 6) is 0. The molecular formula is CuI3Li. The van der Waals surface area contributed by atoms with E-state index in [1.54, 1.807) is 0 Å². The molecule has 0 saturated heterocycles. The third kappa shape index (κ3) is 18.8. The first kappa shape index (κ1) is 40.6. The van der Waals surface area contributed by atoms with Gasteiger partial charge in [0.2, 0.25) is 0 Å². The third-order valence-electron chi connectivity index (χ3n) is 0. The van der Waals surface area contributed by atoms with Crippen LogP contribution in [0.25, 0.3) is 0 Å². The average molecular weight is 451 g/mol. The minimum atomic E-state index is 0. The van der Waals surface area contributed by atoms with Crippen molar-refractivity contribution in [3.8, 4) is 0 Å². The molecule has 0 amide bonds. The van der Waals surface area contributed by atoms with Crippen LogP contribution in [0.4, 0.5) is 0 Å². The van der Waals surface area contributed by atoms with E-state index in [1.807, 2.05) is 0 Å². The number of rotatable bonds is 0. The van der Waals surface area contributed by atoms with Crippen LogP contribution < -0.4 is 90.8 Å². The van der Waals surface area contributed by atoms with E-state index in [0.29, 0.717) is 0 Å². The van der Waals surface area contributed by atoms with Gasteiger partial charge in [0.05, 0.1) is 0 Å². The van der Waals surface area contributed by atoms with Crippen molar-refractivity contribution in [2.24, 2.45) is 0 Å². The summed E-state index contributed by atoms with van der Waals surface area (Å²) in [6.07, 6.45) is 0. The van der Waals surface area contributed by atoms with Crippen LogP contribution in [0.2, 0.25) is 0 Å². The molecule has 0 heterocycles. The molecule has 0 atom stereocenters. The molecule has 0 bridgehead atoms. The van der Waals surface area contributed by atoms with Crippen LogP contribution in [0, 0.1) is 0 Å². The molecule has 5 heavy (non-hydrogen) atoms. The van der Waals surface area contributed by atoms with E-state index in [-0.39, 0.29) is 108 Å². The standard InChI is InChI=1S/Cu.3HI.Li/h;3*1H;/q+2;;;;+1/p-3. The summed E-state index contributed by atoms with van der Waals surface area (Å²) >= 11 is 0. The fraction of sp³-hybridized carbons (Fsp3) is 0. The molecule has 0 spiro atoms. The second-order valence-corrected chi connectivity index (χ2v) is 0. The maximum atomic E-state index is 0. The molecule has 0 aromatic heterocycles. The molecule has 0 aliphatic heterocycles. The zero-order chi connectivity index (χ0) is 0. The first-order valence-corrected chi connectivity index (χ1v) is 0. The Bertz CT molecular complexity index is 6.85. The monoisotopic (exact) mass is 451 g/mol. The molecule has 0 unspecified atom stereocenters. The predicted molar refractivity (Wildman–Crippen MR) is 0 cm³/mol. The normalized spacial score (nSPS) is 0. The maximum Gasteiger partial charge on any atom is 2.00 e. The SMILES string of the molecule is [Cu+2].[I-].[I-].[I-].[Li+]. The van der Waals surface area contributed by atoms with Gasteiger partial charge in [0.25, 0.3) is 0 Å². The summed E-state index contributed by atoms with van der Waals surface area (Å²) in [4.78, 5) is 0. The molecular weight excluding hydrogens is 451 g/mol. The van der Waals surface area contributed by atoms with Crippen molar-refractivity contribution in [2.45, 2.75) is 0 Å². The fourth-order valence-corrected chi connectivity index (χ4v) is 0. The number of hydrogen-bond donors (Lipinski definition) is 0. The van der Waals surface area contributed by atoms with Gasteiger partial charge >= 0.3 is 35.9 Å². The van der Waals surface area contributed by atoms with E-state index in [0.717, 1.165) is 0 Å². The van der Waals surface area contributed by atoms with Crippen molar-refractivity contribution >= 4 is 0 Å². The summed E-state index contributed by atoms with van der Waals surface area (Å²) < 4.78 is 0. The molecule has 0 saturated carbocycles. The van der Waals surface area contributed by atoms with Crippen molar-refractivity contribution < 1.29 is 108 Å². The molecule has 0 aromatic rings. The molecule has 33 valence electrons. The molecule has 0 nitrogen and oxygen atoms in total. The zero-order valence-electron chi connectivity index (χ0n) is 2.44. The van der Waals surface area contributed by atoms with E-state index in [2.05, 4.69) is 0 Å². The van der Waals surface area contributed by atoms with Gasteiger partial charge < -0.3 is 71.9 Å². The van der Waals surface area contributed by atoms with Crippen LogP contribution in [0.15, 0.2) is 0 Å². The van der Waals surface area contributed by atoms with Crippen molar-refractivity contribution in [1.29, 1.82) is 0 Å². The van der Waals surface area contributed by atoms with Crippen LogP contribution >= 0.6 is 0 Å². The molecule has 0 rings (SSSR count). The first-order valence-electron chi connectivity index (χ1n) is 0. The van der Waals surface area contributed by atoms with Crippen LogP contribution in [-0.2, 0) is 17.1 Å². The molecule has 0 aromatic carbocycles. The average Bonchev–Trinajstić information content (AvgIpc) is 0. The van der Waals surface area contributed by atoms with Gasteiger partial charge in [-0.05, 0) is 0 Å². The van der Waals surface area contributed by atoms with Crippen LogP contribution in [0.3, 0.4) is 0 Å². The molecule has 0 aliphatic carbocycles. The second-order valence-electron chi connectivity index (χ2n) is 0. The van der Waals surface area contributed by atoms with Gasteiger partial charge in [-0.25, -0.2) is 0 Å². The van der Waals surface area contributed by atoms with Gasteiger partial charge in [0, 0.05) is 0 Å². The van der Waals surface area contributed by atoms with Gasteiger partial charge in [0.15, 0.2) is 0 Å². The van der Waals surface area contributed by atoms with Crippen LogP contribution in [0.1, 0.15) is 0 Å². The topological polar surface area (TPSA) is 0 Å².